The summed E-state index contributed by atoms with van der Waals surface area (Å²) >= 11 is 0. The van der Waals surface area contributed by atoms with Crippen molar-refractivity contribution in [3.63, 3.8) is 0 Å². The van der Waals surface area contributed by atoms with Crippen LogP contribution in [-0.2, 0) is 14.5 Å². The van der Waals surface area contributed by atoms with Crippen molar-refractivity contribution in [3.8, 4) is 0 Å². The number of carbonyl (C=O) groups is 1. The van der Waals surface area contributed by atoms with Crippen LogP contribution in [-0.4, -0.2) is 69.4 Å². The molecule has 138 valence electrons. The van der Waals surface area contributed by atoms with Crippen LogP contribution < -0.4 is 5.48 Å². The van der Waals surface area contributed by atoms with Gasteiger partial charge in [0.15, 0.2) is 0 Å². The second-order valence-corrected chi connectivity index (χ2v) is 9.93. The third-order valence-electron chi connectivity index (χ3n) is 5.19. The molecule has 0 aromatic carbocycles. The van der Waals surface area contributed by atoms with Crippen LogP contribution in [0.5, 0.6) is 0 Å². The molecule has 7 heteroatoms. The van der Waals surface area contributed by atoms with Crippen molar-refractivity contribution < 1.29 is 14.2 Å². The van der Waals surface area contributed by atoms with Gasteiger partial charge in [0.25, 0.3) is 5.91 Å². The first-order valence-electron chi connectivity index (χ1n) is 8.71. The van der Waals surface area contributed by atoms with E-state index in [1.165, 1.54) is 6.08 Å². The van der Waals surface area contributed by atoms with Crippen molar-refractivity contribution in [2.75, 3.05) is 33.7 Å². The van der Waals surface area contributed by atoms with Crippen LogP contribution >= 0.6 is 0 Å². The Labute approximate surface area is 146 Å². The summed E-state index contributed by atoms with van der Waals surface area (Å²) < 4.78 is 15.3. The lowest BCUT2D eigenvalue weighted by atomic mass is 9.89. The minimum atomic E-state index is -2.25. The first kappa shape index (κ1) is 19.4. The molecule has 0 radical (unpaired) electrons. The number of amides is 1. The Morgan fingerprint density at radius 2 is 2.00 bits per heavy atom. The first-order chi connectivity index (χ1) is 11.3. The van der Waals surface area contributed by atoms with Gasteiger partial charge in [-0.2, -0.15) is 0 Å². The minimum Gasteiger partial charge on any atom is -0.309 e. The molecule has 2 rings (SSSR count). The molecular formula is C17H31N3O3S. The van der Waals surface area contributed by atoms with E-state index < -0.39 is 15.6 Å². The molecule has 2 atom stereocenters. The fraction of sp³-hybridized carbons (Fsp3) is 0.765. The van der Waals surface area contributed by atoms with Gasteiger partial charge >= 0.3 is 0 Å². The van der Waals surface area contributed by atoms with Crippen molar-refractivity contribution in [1.82, 2.24) is 14.7 Å². The van der Waals surface area contributed by atoms with Crippen LogP contribution in [0.1, 0.15) is 32.1 Å². The van der Waals surface area contributed by atoms with Crippen LogP contribution in [0, 0.1) is 11.8 Å². The zero-order valence-electron chi connectivity index (χ0n) is 14.8. The smallest absolute Gasteiger partial charge is 0.267 e. The zero-order valence-corrected chi connectivity index (χ0v) is 15.6. The number of nitrogens with one attached hydrogen (secondary N) is 1. The van der Waals surface area contributed by atoms with Gasteiger partial charge in [0.1, 0.15) is 0 Å². The van der Waals surface area contributed by atoms with Gasteiger partial charge < -0.3 is 4.90 Å². The summed E-state index contributed by atoms with van der Waals surface area (Å²) in [6.45, 7) is 2.54. The van der Waals surface area contributed by atoms with Crippen molar-refractivity contribution in [3.05, 3.63) is 12.2 Å². The minimum absolute atomic E-state index is 0.180. The van der Waals surface area contributed by atoms with Gasteiger partial charge in [-0.15, -0.1) is 0 Å². The first-order valence-corrected chi connectivity index (χ1v) is 10.5. The lowest BCUT2D eigenvalue weighted by Gasteiger charge is -2.35. The van der Waals surface area contributed by atoms with E-state index in [4.69, 9.17) is 5.21 Å². The van der Waals surface area contributed by atoms with E-state index in [0.717, 1.165) is 45.2 Å². The standard InChI is InChI=1S/C17H31N3O3S/c1-19(2)12-14-4-7-16(8-5-14)24(3,23)20-11-10-15(13-20)6-9-17(21)18-22/h6,9,14-16,22H,3-5,7-8,10-13H2,1-2H3,(H,18,21)/b9-6+. The van der Waals surface area contributed by atoms with Gasteiger partial charge in [-0.1, -0.05) is 6.08 Å². The Hall–Kier alpha value is -0.890. The molecular weight excluding hydrogens is 326 g/mol. The van der Waals surface area contributed by atoms with Crippen LogP contribution in [0.3, 0.4) is 0 Å². The molecule has 1 saturated heterocycles. The number of hydrogen-bond donors (Lipinski definition) is 2. The molecule has 0 aromatic rings. The SMILES string of the molecule is C=S(=O)(C1CCC(CN(C)C)CC1)N1CCC(/C=C/C(=O)NO)C1. The predicted molar refractivity (Wildman–Crippen MR) is 98.3 cm³/mol. The highest BCUT2D eigenvalue weighted by Crippen LogP contribution is 2.32. The molecule has 0 spiro atoms. The van der Waals surface area contributed by atoms with E-state index in [1.54, 1.807) is 11.6 Å². The number of carbonyl (C=O) groups excluding carboxylic acids is 1. The molecule has 1 aliphatic heterocycles. The Balaban J connectivity index is 1.88. The third-order valence-corrected chi connectivity index (χ3v) is 7.91. The van der Waals surface area contributed by atoms with E-state index in [1.807, 2.05) is 4.31 Å². The summed E-state index contributed by atoms with van der Waals surface area (Å²) in [6, 6.07) is 0. The Bertz CT molecular complexity index is 551. The lowest BCUT2D eigenvalue weighted by molar-refractivity contribution is -0.124. The average Bonchev–Trinajstić information content (AvgIpc) is 3.02. The second-order valence-electron chi connectivity index (χ2n) is 7.37. The highest BCUT2D eigenvalue weighted by molar-refractivity contribution is 7.98. The maximum atomic E-state index is 13.3. The van der Waals surface area contributed by atoms with Crippen molar-refractivity contribution >= 4 is 21.5 Å². The molecule has 2 aliphatic rings. The molecule has 2 N–H and O–H groups in total. The number of hydrogen-bond acceptors (Lipinski definition) is 4. The van der Waals surface area contributed by atoms with Crippen molar-refractivity contribution in [2.24, 2.45) is 11.8 Å². The Kier molecular flexibility index (Phi) is 6.86. The van der Waals surface area contributed by atoms with Crippen LogP contribution in [0.25, 0.3) is 0 Å². The summed E-state index contributed by atoms with van der Waals surface area (Å²) in [6.07, 6.45) is 8.24. The molecule has 6 nitrogen and oxygen atoms in total. The topological polar surface area (TPSA) is 72.9 Å². The molecule has 0 bridgehead atoms. The fourth-order valence-electron chi connectivity index (χ4n) is 3.86. The largest absolute Gasteiger partial charge is 0.309 e. The fourth-order valence-corrected chi connectivity index (χ4v) is 6.15. The summed E-state index contributed by atoms with van der Waals surface area (Å²) in [7, 11) is 1.95. The molecule has 1 amide bonds. The van der Waals surface area contributed by atoms with Crippen LogP contribution in [0.4, 0.5) is 0 Å². The van der Waals surface area contributed by atoms with E-state index in [2.05, 4.69) is 24.9 Å². The van der Waals surface area contributed by atoms with Gasteiger partial charge in [-0.05, 0) is 63.9 Å². The number of nitrogens with zero attached hydrogens (tertiary/aromatic N) is 2. The molecule has 1 aliphatic carbocycles. The van der Waals surface area contributed by atoms with Crippen molar-refractivity contribution in [1.29, 1.82) is 0 Å². The van der Waals surface area contributed by atoms with Crippen molar-refractivity contribution in [2.45, 2.75) is 37.4 Å². The highest BCUT2D eigenvalue weighted by Gasteiger charge is 2.34. The molecule has 0 aromatic heterocycles. The van der Waals surface area contributed by atoms with Crippen LogP contribution in [0.2, 0.25) is 0 Å². The third kappa shape index (κ3) is 5.05. The number of hydroxylamine groups is 1. The van der Waals surface area contributed by atoms with Gasteiger partial charge in [0, 0.05) is 40.7 Å². The van der Waals surface area contributed by atoms with E-state index >= 15 is 0 Å². The lowest BCUT2D eigenvalue weighted by Crippen LogP contribution is -2.40. The Morgan fingerprint density at radius 3 is 2.58 bits per heavy atom. The molecule has 24 heavy (non-hydrogen) atoms. The predicted octanol–water partition coefficient (Wildman–Crippen LogP) is 1.12. The monoisotopic (exact) mass is 357 g/mol. The second kappa shape index (κ2) is 8.47. The average molecular weight is 358 g/mol. The van der Waals surface area contributed by atoms with E-state index in [9.17, 15) is 9.00 Å². The highest BCUT2D eigenvalue weighted by atomic mass is 32.2. The molecule has 2 fully saturated rings. The molecule has 1 heterocycles. The summed E-state index contributed by atoms with van der Waals surface area (Å²) in [5, 5.41) is 8.70. The molecule has 1 saturated carbocycles. The van der Waals surface area contributed by atoms with E-state index in [-0.39, 0.29) is 11.2 Å². The quantitative estimate of drug-likeness (QED) is 0.323. The summed E-state index contributed by atoms with van der Waals surface area (Å²) in [5.41, 5.74) is 1.59. The molecule has 2 unspecified atom stereocenters. The van der Waals surface area contributed by atoms with Gasteiger partial charge in [0.2, 0.25) is 0 Å². The Morgan fingerprint density at radius 1 is 1.33 bits per heavy atom. The maximum absolute atomic E-state index is 13.3. The maximum Gasteiger partial charge on any atom is 0.267 e. The van der Waals surface area contributed by atoms with Gasteiger partial charge in [0.05, 0.1) is 0 Å². The zero-order chi connectivity index (χ0) is 17.7. The summed E-state index contributed by atoms with van der Waals surface area (Å²) in [4.78, 5) is 13.3. The van der Waals surface area contributed by atoms with E-state index in [0.29, 0.717) is 12.5 Å². The van der Waals surface area contributed by atoms with Gasteiger partial charge in [-0.3, -0.25) is 14.2 Å². The normalized spacial score (nSPS) is 31.4. The van der Waals surface area contributed by atoms with Crippen LogP contribution in [0.15, 0.2) is 12.2 Å². The summed E-state index contributed by atoms with van der Waals surface area (Å²) in [5.74, 6) is 4.48. The number of rotatable bonds is 6. The van der Waals surface area contributed by atoms with Gasteiger partial charge in [-0.25, -0.2) is 9.79 Å².